The van der Waals surface area contributed by atoms with Crippen LogP contribution >= 0.6 is 0 Å². The molecular weight excluding hydrogens is 389 g/mol. The molecule has 0 spiro atoms. The molecule has 0 aromatic carbocycles. The van der Waals surface area contributed by atoms with Crippen LogP contribution in [-0.2, 0) is 9.53 Å². The Bertz CT molecular complexity index is 434. The SMILES string of the molecule is NCC(O)CC(=O)NC1CC(N)CC([O-])C1.NCCNCC1C=CCCO1.[K+]. The Balaban J connectivity index is 0.000000535. The molecule has 1 aliphatic carbocycles. The van der Waals surface area contributed by atoms with Crippen molar-refractivity contribution in [3.63, 3.8) is 0 Å². The molecule has 9 nitrogen and oxygen atoms in total. The first-order chi connectivity index (χ1) is 12.9. The van der Waals surface area contributed by atoms with Crippen molar-refractivity contribution < 1.29 is 71.1 Å². The summed E-state index contributed by atoms with van der Waals surface area (Å²) in [5.41, 5.74) is 16.2. The van der Waals surface area contributed by atoms with Crippen LogP contribution in [0.2, 0.25) is 0 Å². The molecule has 1 saturated carbocycles. The van der Waals surface area contributed by atoms with Gasteiger partial charge in [-0.2, -0.15) is 0 Å². The fraction of sp³-hybridized carbons (Fsp3) is 0.833. The van der Waals surface area contributed by atoms with Crippen LogP contribution in [0.25, 0.3) is 0 Å². The maximum atomic E-state index is 11.4. The van der Waals surface area contributed by atoms with E-state index in [1.165, 1.54) is 0 Å². The quantitative estimate of drug-likeness (QED) is 0.127. The minimum atomic E-state index is -0.819. The van der Waals surface area contributed by atoms with Gasteiger partial charge >= 0.3 is 51.4 Å². The molecule has 1 amide bonds. The zero-order valence-corrected chi connectivity index (χ0v) is 20.1. The van der Waals surface area contributed by atoms with E-state index in [1.807, 2.05) is 0 Å². The summed E-state index contributed by atoms with van der Waals surface area (Å²) in [7, 11) is 0. The van der Waals surface area contributed by atoms with E-state index in [1.54, 1.807) is 0 Å². The number of ether oxygens (including phenoxy) is 1. The van der Waals surface area contributed by atoms with Gasteiger partial charge in [-0.25, -0.2) is 0 Å². The molecule has 1 aliphatic heterocycles. The van der Waals surface area contributed by atoms with Crippen LogP contribution in [0.4, 0.5) is 0 Å². The van der Waals surface area contributed by atoms with E-state index in [0.29, 0.717) is 25.8 Å². The van der Waals surface area contributed by atoms with E-state index in [9.17, 15) is 15.0 Å². The van der Waals surface area contributed by atoms with Crippen LogP contribution in [0.15, 0.2) is 12.2 Å². The van der Waals surface area contributed by atoms with Crippen molar-refractivity contribution in [2.45, 2.75) is 62.5 Å². The third-order valence-corrected chi connectivity index (χ3v) is 4.39. The minimum Gasteiger partial charge on any atom is -0.852 e. The van der Waals surface area contributed by atoms with Crippen molar-refractivity contribution in [2.24, 2.45) is 17.2 Å². The molecule has 9 N–H and O–H groups in total. The van der Waals surface area contributed by atoms with E-state index in [4.69, 9.17) is 21.9 Å². The standard InChI is InChI=1S/C10H20N3O3.C8H16N2O.K/c11-5-9(15)4-10(16)13-7-1-6(12)2-8(14)3-7;9-4-5-10-7-8-3-1-2-6-11-8;/h6-9,15H,1-5,11-12H2,(H,13,16);1,3,8,10H,2,4-7,9H2;/q-1;;+1. The van der Waals surface area contributed by atoms with Gasteiger partial charge in [-0.1, -0.05) is 18.6 Å². The third-order valence-electron chi connectivity index (χ3n) is 4.39. The molecule has 0 radical (unpaired) electrons. The second-order valence-electron chi connectivity index (χ2n) is 7.07. The molecule has 5 unspecified atom stereocenters. The van der Waals surface area contributed by atoms with Gasteiger partial charge in [0.05, 0.1) is 25.2 Å². The molecule has 0 aromatic rings. The summed E-state index contributed by atoms with van der Waals surface area (Å²) in [6.07, 6.45) is 5.55. The molecule has 0 aromatic heterocycles. The molecule has 2 aliphatic rings. The molecule has 28 heavy (non-hydrogen) atoms. The number of hydrogen-bond acceptors (Lipinski definition) is 8. The molecule has 158 valence electrons. The second-order valence-corrected chi connectivity index (χ2v) is 7.07. The van der Waals surface area contributed by atoms with Gasteiger partial charge in [0.15, 0.2) is 0 Å². The Morgan fingerprint density at radius 2 is 2.07 bits per heavy atom. The first kappa shape index (κ1) is 28.6. The summed E-state index contributed by atoms with van der Waals surface area (Å²) in [6, 6.07) is -0.301. The second kappa shape index (κ2) is 17.3. The van der Waals surface area contributed by atoms with Gasteiger partial charge in [-0.05, 0) is 19.3 Å². The zero-order valence-electron chi connectivity index (χ0n) is 17.0. The van der Waals surface area contributed by atoms with E-state index in [-0.39, 0.29) is 88.4 Å². The van der Waals surface area contributed by atoms with Crippen LogP contribution in [0.1, 0.15) is 32.1 Å². The summed E-state index contributed by atoms with van der Waals surface area (Å²) >= 11 is 0. The monoisotopic (exact) mass is 425 g/mol. The molecule has 1 heterocycles. The van der Waals surface area contributed by atoms with Gasteiger partial charge in [0.25, 0.3) is 0 Å². The molecule has 5 atom stereocenters. The summed E-state index contributed by atoms with van der Waals surface area (Å²) < 4.78 is 5.43. The van der Waals surface area contributed by atoms with Crippen molar-refractivity contribution in [3.05, 3.63) is 12.2 Å². The van der Waals surface area contributed by atoms with Crippen molar-refractivity contribution in [2.75, 3.05) is 32.8 Å². The maximum absolute atomic E-state index is 11.4. The van der Waals surface area contributed by atoms with Crippen molar-refractivity contribution >= 4 is 5.91 Å². The van der Waals surface area contributed by atoms with Gasteiger partial charge in [0, 0.05) is 38.3 Å². The van der Waals surface area contributed by atoms with Crippen LogP contribution < -0.4 is 84.3 Å². The molecular formula is C18H36KN5O4. The number of carbonyl (C=O) groups excluding carboxylic acids is 1. The topological polar surface area (TPSA) is 172 Å². The van der Waals surface area contributed by atoms with Crippen LogP contribution in [-0.4, -0.2) is 74.2 Å². The van der Waals surface area contributed by atoms with Gasteiger partial charge < -0.3 is 42.8 Å². The van der Waals surface area contributed by atoms with Crippen LogP contribution in [0, 0.1) is 0 Å². The largest absolute Gasteiger partial charge is 1.00 e. The molecule has 0 saturated heterocycles. The fourth-order valence-corrected chi connectivity index (χ4v) is 3.08. The Labute approximate surface area is 210 Å². The molecule has 2 rings (SSSR count). The van der Waals surface area contributed by atoms with Crippen molar-refractivity contribution in [1.82, 2.24) is 10.6 Å². The van der Waals surface area contributed by atoms with Crippen molar-refractivity contribution in [1.29, 1.82) is 0 Å². The number of nitrogens with one attached hydrogen (secondary N) is 2. The molecule has 0 bridgehead atoms. The first-order valence-electron chi connectivity index (χ1n) is 9.72. The van der Waals surface area contributed by atoms with E-state index in [0.717, 1.165) is 26.1 Å². The van der Waals surface area contributed by atoms with Gasteiger partial charge in [-0.15, -0.1) is 6.10 Å². The van der Waals surface area contributed by atoms with Crippen LogP contribution in [0.3, 0.4) is 0 Å². The van der Waals surface area contributed by atoms with Crippen molar-refractivity contribution in [3.8, 4) is 0 Å². The van der Waals surface area contributed by atoms with E-state index < -0.39 is 12.2 Å². The number of carbonyl (C=O) groups is 1. The average molecular weight is 426 g/mol. The number of hydrogen-bond donors (Lipinski definition) is 6. The maximum Gasteiger partial charge on any atom is 1.00 e. The average Bonchev–Trinajstić information content (AvgIpc) is 2.62. The summed E-state index contributed by atoms with van der Waals surface area (Å²) in [5, 5.41) is 26.4. The number of amides is 1. The normalized spacial score (nSPS) is 27.8. The predicted octanol–water partition coefficient (Wildman–Crippen LogP) is -5.70. The number of aliphatic hydroxyl groups excluding tert-OH is 1. The zero-order chi connectivity index (χ0) is 20.1. The predicted molar refractivity (Wildman–Crippen MR) is 103 cm³/mol. The third kappa shape index (κ3) is 13.7. The smallest absolute Gasteiger partial charge is 0.852 e. The number of aliphatic hydroxyl groups is 1. The number of rotatable bonds is 8. The molecule has 1 fully saturated rings. The van der Waals surface area contributed by atoms with Gasteiger partial charge in [0.2, 0.25) is 5.91 Å². The molecule has 10 heteroatoms. The first-order valence-corrected chi connectivity index (χ1v) is 9.72. The Morgan fingerprint density at radius 1 is 1.32 bits per heavy atom. The summed E-state index contributed by atoms with van der Waals surface area (Å²) in [6.45, 7) is 3.35. The number of nitrogens with two attached hydrogens (primary N) is 3. The van der Waals surface area contributed by atoms with Gasteiger partial charge in [0.1, 0.15) is 0 Å². The minimum absolute atomic E-state index is 0. The fourth-order valence-electron chi connectivity index (χ4n) is 3.08. The summed E-state index contributed by atoms with van der Waals surface area (Å²) in [4.78, 5) is 11.4. The Morgan fingerprint density at radius 3 is 2.64 bits per heavy atom. The van der Waals surface area contributed by atoms with E-state index in [2.05, 4.69) is 22.8 Å². The van der Waals surface area contributed by atoms with Crippen LogP contribution in [0.5, 0.6) is 0 Å². The Kier molecular flexibility index (Phi) is 17.6. The van der Waals surface area contributed by atoms with Gasteiger partial charge in [-0.3, -0.25) is 4.79 Å². The van der Waals surface area contributed by atoms with E-state index >= 15 is 0 Å². The summed E-state index contributed by atoms with van der Waals surface area (Å²) in [5.74, 6) is -0.274. The Hall–Kier alpha value is 0.566.